The van der Waals surface area contributed by atoms with Gasteiger partial charge in [0.2, 0.25) is 0 Å². The number of anilines is 1. The molecule has 25 heavy (non-hydrogen) atoms. The number of nitrogens with zero attached hydrogens (tertiary/aromatic N) is 2. The summed E-state index contributed by atoms with van der Waals surface area (Å²) >= 11 is 6.24. The number of fused-ring (bicyclic) bond motifs is 1. The molecule has 1 N–H and O–H groups in total. The van der Waals surface area contributed by atoms with Crippen LogP contribution in [-0.4, -0.2) is 29.3 Å². The number of carbonyl (C=O) groups excluding carboxylic acids is 1. The molecule has 5 heteroatoms. The summed E-state index contributed by atoms with van der Waals surface area (Å²) in [6.07, 6.45) is 0. The number of benzodiazepines with no additional fused rings is 1. The van der Waals surface area contributed by atoms with Gasteiger partial charge in [0.25, 0.3) is 5.91 Å². The standard InChI is InChI=1S/C20H21ClN2O2/c1-4-23-17-10-7-14(21)11-16(17)19(13-5-8-15(24)9-6-13)22-18(12(2)3)20(23)25/h5-12,18,24H,4H2,1-3H3. The normalized spacial score (nSPS) is 17.3. The molecule has 4 nitrogen and oxygen atoms in total. The van der Waals surface area contributed by atoms with Gasteiger partial charge in [0.15, 0.2) is 0 Å². The van der Waals surface area contributed by atoms with Gasteiger partial charge in [0, 0.05) is 22.7 Å². The van der Waals surface area contributed by atoms with E-state index in [2.05, 4.69) is 0 Å². The van der Waals surface area contributed by atoms with Gasteiger partial charge in [-0.3, -0.25) is 9.79 Å². The number of likely N-dealkylation sites (N-methyl/N-ethyl adjacent to an activating group) is 1. The molecule has 2 aromatic rings. The van der Waals surface area contributed by atoms with Crippen LogP contribution in [0.15, 0.2) is 47.5 Å². The van der Waals surface area contributed by atoms with Crippen LogP contribution in [0.5, 0.6) is 5.75 Å². The molecule has 0 bridgehead atoms. The number of benzene rings is 2. The lowest BCUT2D eigenvalue weighted by Gasteiger charge is -2.25. The van der Waals surface area contributed by atoms with Gasteiger partial charge in [-0.05, 0) is 55.3 Å². The molecular weight excluding hydrogens is 336 g/mol. The second-order valence-corrected chi connectivity index (χ2v) is 6.89. The molecule has 0 saturated heterocycles. The van der Waals surface area contributed by atoms with E-state index in [9.17, 15) is 9.90 Å². The first kappa shape index (κ1) is 17.5. The van der Waals surface area contributed by atoms with Gasteiger partial charge in [0.1, 0.15) is 11.8 Å². The number of hydrogen-bond donors (Lipinski definition) is 1. The van der Waals surface area contributed by atoms with E-state index in [4.69, 9.17) is 16.6 Å². The van der Waals surface area contributed by atoms with E-state index in [1.54, 1.807) is 23.1 Å². The van der Waals surface area contributed by atoms with Crippen LogP contribution in [0.2, 0.25) is 5.02 Å². The molecular formula is C20H21ClN2O2. The Kier molecular flexibility index (Phi) is 4.82. The number of phenolic OH excluding ortho intramolecular Hbond substituents is 1. The summed E-state index contributed by atoms with van der Waals surface area (Å²) in [5, 5.41) is 10.2. The molecule has 1 aliphatic rings. The van der Waals surface area contributed by atoms with Gasteiger partial charge in [-0.15, -0.1) is 0 Å². The summed E-state index contributed by atoms with van der Waals surface area (Å²) in [4.78, 5) is 19.6. The second kappa shape index (κ2) is 6.89. The summed E-state index contributed by atoms with van der Waals surface area (Å²) < 4.78 is 0. The largest absolute Gasteiger partial charge is 0.508 e. The number of amides is 1. The summed E-state index contributed by atoms with van der Waals surface area (Å²) in [5.74, 6) is 0.254. The van der Waals surface area contributed by atoms with Crippen molar-refractivity contribution in [3.8, 4) is 5.75 Å². The van der Waals surface area contributed by atoms with E-state index in [0.717, 1.165) is 22.5 Å². The van der Waals surface area contributed by atoms with Crippen LogP contribution >= 0.6 is 11.6 Å². The highest BCUT2D eigenvalue weighted by atomic mass is 35.5. The van der Waals surface area contributed by atoms with Gasteiger partial charge in [-0.1, -0.05) is 25.4 Å². The van der Waals surface area contributed by atoms with E-state index in [1.165, 1.54) is 0 Å². The zero-order chi connectivity index (χ0) is 18.1. The van der Waals surface area contributed by atoms with Gasteiger partial charge < -0.3 is 10.0 Å². The van der Waals surface area contributed by atoms with Gasteiger partial charge >= 0.3 is 0 Å². The van der Waals surface area contributed by atoms with E-state index in [0.29, 0.717) is 11.6 Å². The Morgan fingerprint density at radius 1 is 1.20 bits per heavy atom. The molecule has 1 atom stereocenters. The Balaban J connectivity index is 2.28. The van der Waals surface area contributed by atoms with Crippen LogP contribution in [-0.2, 0) is 4.79 Å². The number of halogens is 1. The van der Waals surface area contributed by atoms with Gasteiger partial charge in [0.05, 0.1) is 11.4 Å². The number of rotatable bonds is 3. The maximum Gasteiger partial charge on any atom is 0.252 e. The fraction of sp³-hybridized carbons (Fsp3) is 0.300. The smallest absolute Gasteiger partial charge is 0.252 e. The van der Waals surface area contributed by atoms with E-state index in [1.807, 2.05) is 45.0 Å². The zero-order valence-electron chi connectivity index (χ0n) is 14.5. The predicted molar refractivity (Wildman–Crippen MR) is 102 cm³/mol. The van der Waals surface area contributed by atoms with Crippen LogP contribution in [0.1, 0.15) is 31.9 Å². The third-order valence-electron chi connectivity index (χ3n) is 4.38. The fourth-order valence-corrected chi connectivity index (χ4v) is 3.26. The van der Waals surface area contributed by atoms with Crippen LogP contribution in [0.4, 0.5) is 5.69 Å². The minimum atomic E-state index is -0.463. The Bertz CT molecular complexity index is 828. The van der Waals surface area contributed by atoms with Crippen molar-refractivity contribution in [2.45, 2.75) is 26.8 Å². The fourth-order valence-electron chi connectivity index (χ4n) is 3.09. The maximum absolute atomic E-state index is 13.0. The molecule has 2 aromatic carbocycles. The Hall–Kier alpha value is -2.33. The van der Waals surface area contributed by atoms with Crippen molar-refractivity contribution >= 4 is 28.9 Å². The monoisotopic (exact) mass is 356 g/mol. The number of aromatic hydroxyl groups is 1. The lowest BCUT2D eigenvalue weighted by atomic mass is 9.99. The molecule has 3 rings (SSSR count). The molecule has 1 amide bonds. The Morgan fingerprint density at radius 3 is 2.48 bits per heavy atom. The number of hydrogen-bond acceptors (Lipinski definition) is 3. The number of carbonyl (C=O) groups is 1. The third-order valence-corrected chi connectivity index (χ3v) is 4.62. The maximum atomic E-state index is 13.0. The third kappa shape index (κ3) is 3.27. The predicted octanol–water partition coefficient (Wildman–Crippen LogP) is 4.27. The first-order chi connectivity index (χ1) is 11.9. The Morgan fingerprint density at radius 2 is 1.88 bits per heavy atom. The van der Waals surface area contributed by atoms with Crippen molar-refractivity contribution < 1.29 is 9.90 Å². The minimum Gasteiger partial charge on any atom is -0.508 e. The minimum absolute atomic E-state index is 0.00477. The molecule has 1 unspecified atom stereocenters. The number of aliphatic imine (C=N–C) groups is 1. The van der Waals surface area contributed by atoms with E-state index >= 15 is 0 Å². The van der Waals surface area contributed by atoms with Crippen molar-refractivity contribution in [3.63, 3.8) is 0 Å². The summed E-state index contributed by atoms with van der Waals surface area (Å²) in [6.45, 7) is 6.52. The quantitative estimate of drug-likeness (QED) is 0.892. The SMILES string of the molecule is CCN1C(=O)C(C(C)C)N=C(c2ccc(O)cc2)c2cc(Cl)ccc21. The summed E-state index contributed by atoms with van der Waals surface area (Å²) in [5.41, 5.74) is 3.21. The second-order valence-electron chi connectivity index (χ2n) is 6.46. The van der Waals surface area contributed by atoms with Crippen molar-refractivity contribution in [2.24, 2.45) is 10.9 Å². The Labute approximate surface area is 152 Å². The van der Waals surface area contributed by atoms with E-state index < -0.39 is 6.04 Å². The number of phenols is 1. The molecule has 0 aromatic heterocycles. The molecule has 0 radical (unpaired) electrons. The van der Waals surface area contributed by atoms with Crippen LogP contribution in [0.3, 0.4) is 0 Å². The summed E-state index contributed by atoms with van der Waals surface area (Å²) in [6, 6.07) is 11.9. The van der Waals surface area contributed by atoms with E-state index in [-0.39, 0.29) is 17.6 Å². The first-order valence-electron chi connectivity index (χ1n) is 8.41. The molecule has 0 spiro atoms. The van der Waals surface area contributed by atoms with Crippen molar-refractivity contribution in [2.75, 3.05) is 11.4 Å². The zero-order valence-corrected chi connectivity index (χ0v) is 15.3. The topological polar surface area (TPSA) is 52.9 Å². The van der Waals surface area contributed by atoms with Crippen molar-refractivity contribution in [1.82, 2.24) is 0 Å². The van der Waals surface area contributed by atoms with Crippen LogP contribution in [0, 0.1) is 5.92 Å². The lowest BCUT2D eigenvalue weighted by Crippen LogP contribution is -2.40. The van der Waals surface area contributed by atoms with Crippen molar-refractivity contribution in [1.29, 1.82) is 0 Å². The molecule has 130 valence electrons. The average Bonchev–Trinajstić information content (AvgIpc) is 2.69. The average molecular weight is 357 g/mol. The first-order valence-corrected chi connectivity index (χ1v) is 8.78. The van der Waals surface area contributed by atoms with Crippen LogP contribution < -0.4 is 4.90 Å². The van der Waals surface area contributed by atoms with Gasteiger partial charge in [-0.25, -0.2) is 0 Å². The lowest BCUT2D eigenvalue weighted by molar-refractivity contribution is -0.120. The van der Waals surface area contributed by atoms with Gasteiger partial charge in [-0.2, -0.15) is 0 Å². The highest BCUT2D eigenvalue weighted by Gasteiger charge is 2.33. The molecule has 1 heterocycles. The molecule has 0 aliphatic carbocycles. The van der Waals surface area contributed by atoms with Crippen molar-refractivity contribution in [3.05, 3.63) is 58.6 Å². The molecule has 1 aliphatic heterocycles. The highest BCUT2D eigenvalue weighted by molar-refractivity contribution is 6.32. The summed E-state index contributed by atoms with van der Waals surface area (Å²) in [7, 11) is 0. The molecule has 0 fully saturated rings. The van der Waals surface area contributed by atoms with Crippen LogP contribution in [0.25, 0.3) is 0 Å². The molecule has 0 saturated carbocycles. The highest BCUT2D eigenvalue weighted by Crippen LogP contribution is 2.32.